The summed E-state index contributed by atoms with van der Waals surface area (Å²) in [6.07, 6.45) is 5.50. The third-order valence-electron chi connectivity index (χ3n) is 2.43. The first-order valence-electron chi connectivity index (χ1n) is 4.73. The lowest BCUT2D eigenvalue weighted by molar-refractivity contribution is -0.149. The summed E-state index contributed by atoms with van der Waals surface area (Å²) in [6.45, 7) is 0. The van der Waals surface area contributed by atoms with Crippen LogP contribution in [0.3, 0.4) is 0 Å². The smallest absolute Gasteiger partial charge is 0.291 e. The highest BCUT2D eigenvalue weighted by Crippen LogP contribution is 2.14. The van der Waals surface area contributed by atoms with E-state index in [1.165, 1.54) is 0 Å². The monoisotopic (exact) mass is 203 g/mol. The molecule has 3 nitrogen and oxygen atoms in total. The number of rotatable bonds is 2. The number of nitrogens with zero attached hydrogens (tertiary/aromatic N) is 1. The molecule has 0 spiro atoms. The first-order chi connectivity index (χ1) is 7.29. The van der Waals surface area contributed by atoms with Crippen LogP contribution in [-0.4, -0.2) is 26.3 Å². The zero-order valence-corrected chi connectivity index (χ0v) is 8.81. The van der Waals surface area contributed by atoms with E-state index in [4.69, 9.17) is 9.47 Å². The van der Waals surface area contributed by atoms with Gasteiger partial charge < -0.3 is 9.47 Å². The minimum atomic E-state index is -0.997. The summed E-state index contributed by atoms with van der Waals surface area (Å²) in [6, 6.07) is 8.00. The number of methoxy groups -OCH3 is 2. The lowest BCUT2D eigenvalue weighted by Gasteiger charge is -2.21. The van der Waals surface area contributed by atoms with E-state index in [-0.39, 0.29) is 0 Å². The molecule has 0 atom stereocenters. The summed E-state index contributed by atoms with van der Waals surface area (Å²) >= 11 is 0. The molecule has 2 rings (SSSR count). The standard InChI is InChI=1S/C12H13NO2/c1-14-12(15-2)9-11-6-4-3-5-10(11)7-8-13-12/h3-9H,1-2H3. The highest BCUT2D eigenvalue weighted by Gasteiger charge is 2.24. The topological polar surface area (TPSA) is 30.8 Å². The summed E-state index contributed by atoms with van der Waals surface area (Å²) in [5.74, 6) is -0.997. The predicted octanol–water partition coefficient (Wildman–Crippen LogP) is 0.279. The maximum absolute atomic E-state index is 5.27. The average Bonchev–Trinajstić information content (AvgIpc) is 2.48. The fourth-order valence-electron chi connectivity index (χ4n) is 1.56. The van der Waals surface area contributed by atoms with Crippen molar-refractivity contribution in [3.05, 3.63) is 34.7 Å². The minimum Gasteiger partial charge on any atom is -0.331 e. The Bertz CT molecular complexity index is 487. The van der Waals surface area contributed by atoms with E-state index in [0.29, 0.717) is 0 Å². The van der Waals surface area contributed by atoms with Crippen LogP contribution < -0.4 is 10.4 Å². The molecule has 0 radical (unpaired) electrons. The molecule has 0 saturated heterocycles. The Morgan fingerprint density at radius 2 is 1.73 bits per heavy atom. The Morgan fingerprint density at radius 1 is 1.07 bits per heavy atom. The zero-order valence-electron chi connectivity index (χ0n) is 8.81. The molecular weight excluding hydrogens is 190 g/mol. The van der Waals surface area contributed by atoms with Gasteiger partial charge in [0.1, 0.15) is 0 Å². The van der Waals surface area contributed by atoms with Gasteiger partial charge in [0.15, 0.2) is 0 Å². The molecule has 1 aliphatic heterocycles. The largest absolute Gasteiger partial charge is 0.331 e. The van der Waals surface area contributed by atoms with Crippen molar-refractivity contribution in [3.63, 3.8) is 0 Å². The van der Waals surface area contributed by atoms with Gasteiger partial charge in [-0.1, -0.05) is 24.3 Å². The van der Waals surface area contributed by atoms with Crippen molar-refractivity contribution >= 4 is 18.4 Å². The van der Waals surface area contributed by atoms with Crippen molar-refractivity contribution in [1.29, 1.82) is 0 Å². The van der Waals surface area contributed by atoms with Gasteiger partial charge in [-0.05, 0) is 16.5 Å². The number of benzene rings is 1. The van der Waals surface area contributed by atoms with Crippen molar-refractivity contribution in [2.24, 2.45) is 4.99 Å². The van der Waals surface area contributed by atoms with Gasteiger partial charge in [0.2, 0.25) is 0 Å². The average molecular weight is 203 g/mol. The molecule has 0 bridgehead atoms. The second-order valence-corrected chi connectivity index (χ2v) is 3.26. The Morgan fingerprint density at radius 3 is 2.40 bits per heavy atom. The molecule has 0 fully saturated rings. The molecule has 0 saturated carbocycles. The maximum atomic E-state index is 5.27. The van der Waals surface area contributed by atoms with E-state index in [9.17, 15) is 0 Å². The van der Waals surface area contributed by atoms with Gasteiger partial charge in [-0.15, -0.1) is 0 Å². The van der Waals surface area contributed by atoms with Crippen LogP contribution in [0.1, 0.15) is 0 Å². The highest BCUT2D eigenvalue weighted by molar-refractivity contribution is 5.91. The number of aliphatic imine (C=N–C) groups is 1. The number of hydrogen-bond acceptors (Lipinski definition) is 3. The third-order valence-corrected chi connectivity index (χ3v) is 2.43. The first kappa shape index (κ1) is 10.1. The molecule has 1 aliphatic rings. The molecule has 3 heteroatoms. The molecule has 15 heavy (non-hydrogen) atoms. The van der Waals surface area contributed by atoms with E-state index in [1.807, 2.05) is 36.4 Å². The summed E-state index contributed by atoms with van der Waals surface area (Å²) in [4.78, 5) is 4.23. The normalized spacial score (nSPS) is 17.2. The van der Waals surface area contributed by atoms with Crippen LogP contribution in [0.25, 0.3) is 12.2 Å². The van der Waals surface area contributed by atoms with Crippen LogP contribution >= 0.6 is 0 Å². The molecule has 0 amide bonds. The van der Waals surface area contributed by atoms with Crippen molar-refractivity contribution in [3.8, 4) is 0 Å². The zero-order chi connectivity index (χ0) is 10.7. The highest BCUT2D eigenvalue weighted by atomic mass is 16.7. The summed E-state index contributed by atoms with van der Waals surface area (Å²) < 4.78 is 10.5. The van der Waals surface area contributed by atoms with E-state index in [0.717, 1.165) is 10.4 Å². The molecular formula is C12H13NO2. The van der Waals surface area contributed by atoms with Gasteiger partial charge in [-0.2, -0.15) is 0 Å². The Kier molecular flexibility index (Phi) is 2.66. The Hall–Kier alpha value is -1.45. The van der Waals surface area contributed by atoms with Gasteiger partial charge in [0, 0.05) is 26.5 Å². The van der Waals surface area contributed by atoms with Crippen molar-refractivity contribution < 1.29 is 9.47 Å². The van der Waals surface area contributed by atoms with E-state index >= 15 is 0 Å². The van der Waals surface area contributed by atoms with Crippen LogP contribution in [0.5, 0.6) is 0 Å². The number of ether oxygens (including phenoxy) is 2. The number of fused-ring (bicyclic) bond motifs is 1. The van der Waals surface area contributed by atoms with Crippen LogP contribution in [-0.2, 0) is 9.47 Å². The fraction of sp³-hybridized carbons (Fsp3) is 0.250. The van der Waals surface area contributed by atoms with E-state index < -0.39 is 5.91 Å². The minimum absolute atomic E-state index is 0.997. The van der Waals surface area contributed by atoms with E-state index in [2.05, 4.69) is 4.99 Å². The third kappa shape index (κ3) is 1.84. The first-order valence-corrected chi connectivity index (χ1v) is 4.73. The van der Waals surface area contributed by atoms with Gasteiger partial charge in [-0.25, -0.2) is 4.99 Å². The van der Waals surface area contributed by atoms with Crippen molar-refractivity contribution in [2.75, 3.05) is 14.2 Å². The molecule has 1 aromatic carbocycles. The summed E-state index contributed by atoms with van der Waals surface area (Å²) in [5.41, 5.74) is 0. The van der Waals surface area contributed by atoms with Gasteiger partial charge in [0.25, 0.3) is 5.91 Å². The SMILES string of the molecule is COC1(OC)C=c2ccccc2=CC=N1. The van der Waals surface area contributed by atoms with Crippen LogP contribution in [0.15, 0.2) is 29.3 Å². The van der Waals surface area contributed by atoms with Gasteiger partial charge >= 0.3 is 0 Å². The molecule has 1 heterocycles. The van der Waals surface area contributed by atoms with Gasteiger partial charge in [-0.3, -0.25) is 0 Å². The molecule has 0 aliphatic carbocycles. The summed E-state index contributed by atoms with van der Waals surface area (Å²) in [5, 5.41) is 2.16. The number of hydrogen-bond donors (Lipinski definition) is 0. The van der Waals surface area contributed by atoms with Crippen LogP contribution in [0.2, 0.25) is 0 Å². The van der Waals surface area contributed by atoms with Gasteiger partial charge in [0.05, 0.1) is 0 Å². The second-order valence-electron chi connectivity index (χ2n) is 3.26. The van der Waals surface area contributed by atoms with Crippen LogP contribution in [0.4, 0.5) is 0 Å². The molecule has 78 valence electrons. The molecule has 1 aromatic rings. The molecule has 0 N–H and O–H groups in total. The fourth-order valence-corrected chi connectivity index (χ4v) is 1.56. The quantitative estimate of drug-likeness (QED) is 0.646. The lowest BCUT2D eigenvalue weighted by Crippen LogP contribution is -2.33. The maximum Gasteiger partial charge on any atom is 0.291 e. The molecule has 0 aromatic heterocycles. The second kappa shape index (κ2) is 3.96. The lowest BCUT2D eigenvalue weighted by atomic mass is 10.2. The van der Waals surface area contributed by atoms with Crippen molar-refractivity contribution in [2.45, 2.75) is 5.91 Å². The summed E-state index contributed by atoms with van der Waals surface area (Å²) in [7, 11) is 3.15. The molecule has 0 unspecified atom stereocenters. The Labute approximate surface area is 88.4 Å². The van der Waals surface area contributed by atoms with Crippen LogP contribution in [0, 0.1) is 0 Å². The predicted molar refractivity (Wildman–Crippen MR) is 59.9 cm³/mol. The van der Waals surface area contributed by atoms with E-state index in [1.54, 1.807) is 20.4 Å². The Balaban J connectivity index is 2.66. The van der Waals surface area contributed by atoms with Crippen molar-refractivity contribution in [1.82, 2.24) is 0 Å².